The summed E-state index contributed by atoms with van der Waals surface area (Å²) in [6, 6.07) is 0. The highest BCUT2D eigenvalue weighted by atomic mass is 16.5. The van der Waals surface area contributed by atoms with E-state index in [0.29, 0.717) is 32.8 Å². The Hall–Kier alpha value is -0.610. The summed E-state index contributed by atoms with van der Waals surface area (Å²) in [7, 11) is 0. The zero-order valence-corrected chi connectivity index (χ0v) is 26.2. The van der Waals surface area contributed by atoms with Gasteiger partial charge in [-0.2, -0.15) is 0 Å². The number of esters is 1. The van der Waals surface area contributed by atoms with Gasteiger partial charge in [0.25, 0.3) is 0 Å². The lowest BCUT2D eigenvalue weighted by molar-refractivity contribution is -0.144. The monoisotopic (exact) mass is 541 g/mol. The maximum absolute atomic E-state index is 11.8. The predicted octanol–water partition coefficient (Wildman–Crippen LogP) is 10.6. The number of rotatable bonds is 32. The molecule has 4 heteroatoms. The molecule has 0 amide bonds. The maximum atomic E-state index is 11.8. The van der Waals surface area contributed by atoms with Crippen LogP contribution in [-0.4, -0.2) is 39.0 Å². The minimum Gasteiger partial charge on any atom is -0.466 e. The molecule has 0 spiro atoms. The highest BCUT2D eigenvalue weighted by Gasteiger charge is 2.03. The van der Waals surface area contributed by atoms with Crippen molar-refractivity contribution in [2.24, 2.45) is 5.92 Å². The van der Waals surface area contributed by atoms with Gasteiger partial charge in [-0.05, 0) is 25.2 Å². The molecule has 0 aromatic rings. The Labute approximate surface area is 238 Å². The van der Waals surface area contributed by atoms with Crippen LogP contribution < -0.4 is 0 Å². The first-order valence-corrected chi connectivity index (χ1v) is 17.0. The summed E-state index contributed by atoms with van der Waals surface area (Å²) in [5.41, 5.74) is 0. The average Bonchev–Trinajstić information content (AvgIpc) is 2.90. The van der Waals surface area contributed by atoms with Crippen molar-refractivity contribution in [1.29, 1.82) is 0 Å². The molecule has 0 bridgehead atoms. The Morgan fingerprint density at radius 1 is 0.474 bits per heavy atom. The first-order valence-electron chi connectivity index (χ1n) is 17.0. The summed E-state index contributed by atoms with van der Waals surface area (Å²) < 4.78 is 16.6. The molecule has 0 rings (SSSR count). The van der Waals surface area contributed by atoms with Gasteiger partial charge in [0.1, 0.15) is 0 Å². The van der Waals surface area contributed by atoms with E-state index in [9.17, 15) is 4.79 Å². The molecule has 0 radical (unpaired) electrons. The molecule has 0 saturated carbocycles. The number of carbonyl (C=O) groups is 1. The minimum absolute atomic E-state index is 0.0838. The Bertz CT molecular complexity index is 452. The largest absolute Gasteiger partial charge is 0.466 e. The van der Waals surface area contributed by atoms with Crippen LogP contribution in [0.5, 0.6) is 0 Å². The van der Waals surface area contributed by atoms with Gasteiger partial charge in [0, 0.05) is 19.6 Å². The highest BCUT2D eigenvalue weighted by molar-refractivity contribution is 5.69. The molecule has 0 saturated heterocycles. The molecule has 4 nitrogen and oxygen atoms in total. The molecule has 0 aliphatic carbocycles. The zero-order valence-electron chi connectivity index (χ0n) is 26.2. The summed E-state index contributed by atoms with van der Waals surface area (Å²) in [5, 5.41) is 0. The third kappa shape index (κ3) is 33.4. The van der Waals surface area contributed by atoms with Gasteiger partial charge in [-0.3, -0.25) is 4.79 Å². The van der Waals surface area contributed by atoms with Crippen molar-refractivity contribution in [1.82, 2.24) is 0 Å². The minimum atomic E-state index is -0.0838. The number of ether oxygens (including phenoxy) is 3. The van der Waals surface area contributed by atoms with Gasteiger partial charge in [0.2, 0.25) is 0 Å². The van der Waals surface area contributed by atoms with Crippen LogP contribution in [0.1, 0.15) is 175 Å². The van der Waals surface area contributed by atoms with Crippen molar-refractivity contribution in [3.05, 3.63) is 0 Å². The quantitative estimate of drug-likeness (QED) is 0.0628. The second-order valence-corrected chi connectivity index (χ2v) is 11.8. The maximum Gasteiger partial charge on any atom is 0.305 e. The molecule has 0 unspecified atom stereocenters. The third-order valence-electron chi connectivity index (χ3n) is 7.37. The molecule has 228 valence electrons. The van der Waals surface area contributed by atoms with E-state index < -0.39 is 0 Å². The van der Waals surface area contributed by atoms with Crippen molar-refractivity contribution < 1.29 is 19.0 Å². The molecular weight excluding hydrogens is 472 g/mol. The lowest BCUT2D eigenvalue weighted by Crippen LogP contribution is -2.09. The van der Waals surface area contributed by atoms with Gasteiger partial charge in [0.05, 0.1) is 19.8 Å². The normalized spacial score (nSPS) is 11.5. The molecular formula is C34H68O4. The fourth-order valence-electron chi connectivity index (χ4n) is 4.84. The second-order valence-electron chi connectivity index (χ2n) is 11.8. The Morgan fingerprint density at radius 2 is 0.868 bits per heavy atom. The highest BCUT2D eigenvalue weighted by Crippen LogP contribution is 2.14. The van der Waals surface area contributed by atoms with Gasteiger partial charge in [0.15, 0.2) is 0 Å². The smallest absolute Gasteiger partial charge is 0.305 e. The third-order valence-corrected chi connectivity index (χ3v) is 7.37. The molecule has 0 aliphatic rings. The van der Waals surface area contributed by atoms with Crippen LogP contribution in [0.3, 0.4) is 0 Å². The van der Waals surface area contributed by atoms with Crippen molar-refractivity contribution in [3.63, 3.8) is 0 Å². The van der Waals surface area contributed by atoms with Crippen molar-refractivity contribution in [2.45, 2.75) is 175 Å². The van der Waals surface area contributed by atoms with Gasteiger partial charge >= 0.3 is 5.97 Å². The van der Waals surface area contributed by atoms with Gasteiger partial charge in [-0.15, -0.1) is 0 Å². The van der Waals surface area contributed by atoms with Crippen LogP contribution in [0.2, 0.25) is 0 Å². The van der Waals surface area contributed by atoms with E-state index in [-0.39, 0.29) is 5.97 Å². The van der Waals surface area contributed by atoms with Crippen molar-refractivity contribution in [2.75, 3.05) is 33.0 Å². The van der Waals surface area contributed by atoms with E-state index in [2.05, 4.69) is 20.8 Å². The number of hydrogen-bond donors (Lipinski definition) is 0. The molecule has 38 heavy (non-hydrogen) atoms. The van der Waals surface area contributed by atoms with Crippen LogP contribution in [0.4, 0.5) is 0 Å². The zero-order chi connectivity index (χ0) is 27.8. The molecule has 0 aromatic heterocycles. The summed E-state index contributed by atoms with van der Waals surface area (Å²) in [6.07, 6.45) is 30.6. The molecule has 0 N–H and O–H groups in total. The van der Waals surface area contributed by atoms with Gasteiger partial charge < -0.3 is 14.2 Å². The number of hydrogen-bond acceptors (Lipinski definition) is 4. The van der Waals surface area contributed by atoms with Crippen molar-refractivity contribution in [3.8, 4) is 0 Å². The first-order chi connectivity index (χ1) is 18.7. The second kappa shape index (κ2) is 32.6. The SMILES string of the molecule is CCCCCCCCCCOCCOCCCC(=O)OCCCCCCCCCCCCCCCC(C)C. The van der Waals surface area contributed by atoms with E-state index in [1.807, 2.05) is 0 Å². The average molecular weight is 541 g/mol. The number of unbranched alkanes of at least 4 members (excludes halogenated alkanes) is 19. The van der Waals surface area contributed by atoms with Crippen LogP contribution in [0.25, 0.3) is 0 Å². The van der Waals surface area contributed by atoms with Crippen LogP contribution in [-0.2, 0) is 19.0 Å². The molecule has 0 fully saturated rings. The summed E-state index contributed by atoms with van der Waals surface area (Å²) in [4.78, 5) is 11.8. The Kier molecular flexibility index (Phi) is 32.1. The Morgan fingerprint density at radius 3 is 1.34 bits per heavy atom. The van der Waals surface area contributed by atoms with E-state index in [4.69, 9.17) is 14.2 Å². The van der Waals surface area contributed by atoms with E-state index in [1.54, 1.807) is 0 Å². The summed E-state index contributed by atoms with van der Waals surface area (Å²) in [5.74, 6) is 0.783. The molecule has 0 atom stereocenters. The Balaban J connectivity index is 3.15. The predicted molar refractivity (Wildman–Crippen MR) is 164 cm³/mol. The van der Waals surface area contributed by atoms with E-state index in [1.165, 1.54) is 128 Å². The van der Waals surface area contributed by atoms with Gasteiger partial charge in [-0.1, -0.05) is 149 Å². The fourth-order valence-corrected chi connectivity index (χ4v) is 4.84. The topological polar surface area (TPSA) is 44.8 Å². The molecule has 0 heterocycles. The van der Waals surface area contributed by atoms with E-state index in [0.717, 1.165) is 31.8 Å². The summed E-state index contributed by atoms with van der Waals surface area (Å²) in [6.45, 7) is 10.2. The van der Waals surface area contributed by atoms with Gasteiger partial charge in [-0.25, -0.2) is 0 Å². The lowest BCUT2D eigenvalue weighted by atomic mass is 10.0. The number of carbonyl (C=O) groups excluding carboxylic acids is 1. The molecule has 0 aromatic carbocycles. The fraction of sp³-hybridized carbons (Fsp3) is 0.971. The molecule has 0 aliphatic heterocycles. The van der Waals surface area contributed by atoms with E-state index >= 15 is 0 Å². The van der Waals surface area contributed by atoms with Crippen LogP contribution in [0, 0.1) is 5.92 Å². The van der Waals surface area contributed by atoms with Crippen molar-refractivity contribution >= 4 is 5.97 Å². The first kappa shape index (κ1) is 37.4. The lowest BCUT2D eigenvalue weighted by Gasteiger charge is -2.07. The van der Waals surface area contributed by atoms with Crippen LogP contribution >= 0.6 is 0 Å². The standard InChI is InChI=1S/C34H68O4/c1-4-5-6-7-8-17-20-23-28-36-31-32-37-29-25-27-34(35)38-30-24-21-18-15-13-11-9-10-12-14-16-19-22-26-33(2)3/h33H,4-32H2,1-3H3. The summed E-state index contributed by atoms with van der Waals surface area (Å²) >= 11 is 0. The van der Waals surface area contributed by atoms with Crippen LogP contribution in [0.15, 0.2) is 0 Å².